The second-order valence-electron chi connectivity index (χ2n) is 7.14. The molecule has 1 saturated heterocycles. The topological polar surface area (TPSA) is 83.9 Å². The van der Waals surface area contributed by atoms with Gasteiger partial charge in [-0.15, -0.1) is 0 Å². The second kappa shape index (κ2) is 7.73. The molecule has 3 aromatic rings. The van der Waals surface area contributed by atoms with Crippen molar-refractivity contribution in [2.75, 3.05) is 13.1 Å². The van der Waals surface area contributed by atoms with Gasteiger partial charge < -0.3 is 14.5 Å². The molecule has 0 radical (unpaired) electrons. The van der Waals surface area contributed by atoms with Crippen LogP contribution in [-0.4, -0.2) is 43.4 Å². The van der Waals surface area contributed by atoms with E-state index in [1.165, 1.54) is 0 Å². The first-order valence-corrected chi connectivity index (χ1v) is 9.40. The lowest BCUT2D eigenvalue weighted by Crippen LogP contribution is -2.41. The number of carbonyl (C=O) groups is 1. The van der Waals surface area contributed by atoms with Gasteiger partial charge in [-0.2, -0.15) is 0 Å². The first-order valence-electron chi connectivity index (χ1n) is 9.40. The highest BCUT2D eigenvalue weighted by molar-refractivity contribution is 5.77. The number of nitrogens with one attached hydrogen (secondary N) is 1. The van der Waals surface area contributed by atoms with E-state index in [4.69, 9.17) is 0 Å². The third-order valence-electron chi connectivity index (χ3n) is 5.15. The smallest absolute Gasteiger partial charge is 0.270 e. The normalized spacial score (nSPS) is 17.3. The molecular weight excluding hydrogens is 342 g/mol. The van der Waals surface area contributed by atoms with E-state index in [0.717, 1.165) is 43.5 Å². The highest BCUT2D eigenvalue weighted by Crippen LogP contribution is 2.19. The van der Waals surface area contributed by atoms with Crippen molar-refractivity contribution in [2.45, 2.75) is 32.2 Å². The summed E-state index contributed by atoms with van der Waals surface area (Å²) in [6, 6.07) is 7.44. The van der Waals surface area contributed by atoms with Crippen LogP contribution in [0.4, 0.5) is 0 Å². The molecule has 1 aliphatic heterocycles. The molecule has 7 nitrogen and oxygen atoms in total. The number of piperidine rings is 1. The zero-order valence-electron chi connectivity index (χ0n) is 15.2. The van der Waals surface area contributed by atoms with Crippen LogP contribution < -0.4 is 5.56 Å². The minimum Gasteiger partial charge on any atom is -0.342 e. The highest BCUT2D eigenvalue weighted by Gasteiger charge is 2.24. The van der Waals surface area contributed by atoms with Crippen molar-refractivity contribution in [1.29, 1.82) is 0 Å². The number of aromatic nitrogens is 4. The van der Waals surface area contributed by atoms with E-state index in [1.54, 1.807) is 6.20 Å². The average molecular weight is 365 g/mol. The number of para-hydroxylation sites is 2. The highest BCUT2D eigenvalue weighted by atomic mass is 16.2. The number of carbonyl (C=O) groups excluding carboxylic acids is 1. The average Bonchev–Trinajstić information content (AvgIpc) is 3.19. The number of benzene rings is 1. The van der Waals surface area contributed by atoms with E-state index in [1.807, 2.05) is 41.7 Å². The number of fused-ring (bicyclic) bond motifs is 1. The van der Waals surface area contributed by atoms with Crippen LogP contribution in [-0.2, 0) is 17.8 Å². The number of hydrogen-bond acceptors (Lipinski definition) is 4. The molecule has 140 valence electrons. The minimum absolute atomic E-state index is 0.0969. The standard InChI is InChI=1S/C20H23N5O2/c26-19(25-10-3-4-15(13-25)12-24-11-9-21-14-24)8-7-18-20(27)23-17-6-2-1-5-16(17)22-18/h1-2,5-6,9,11,14-15H,3-4,7-8,10,12-13H2,(H,23,27)/t15-/m0/s1. The van der Waals surface area contributed by atoms with Gasteiger partial charge in [0.05, 0.1) is 17.4 Å². The van der Waals surface area contributed by atoms with Crippen LogP contribution in [0.2, 0.25) is 0 Å². The van der Waals surface area contributed by atoms with Gasteiger partial charge in [0.25, 0.3) is 5.56 Å². The van der Waals surface area contributed by atoms with Gasteiger partial charge in [-0.25, -0.2) is 9.97 Å². The molecule has 0 aliphatic carbocycles. The molecule has 1 fully saturated rings. The zero-order valence-corrected chi connectivity index (χ0v) is 15.2. The Morgan fingerprint density at radius 1 is 1.30 bits per heavy atom. The number of hydrogen-bond donors (Lipinski definition) is 1. The summed E-state index contributed by atoms with van der Waals surface area (Å²) in [5.41, 5.74) is 1.68. The number of likely N-dealkylation sites (tertiary alicyclic amines) is 1. The van der Waals surface area contributed by atoms with E-state index in [2.05, 4.69) is 19.5 Å². The van der Waals surface area contributed by atoms with E-state index < -0.39 is 0 Å². The molecule has 1 aliphatic rings. The van der Waals surface area contributed by atoms with Gasteiger partial charge in [0, 0.05) is 44.9 Å². The maximum absolute atomic E-state index is 12.7. The predicted octanol–water partition coefficient (Wildman–Crippen LogP) is 1.99. The number of imidazole rings is 1. The van der Waals surface area contributed by atoms with E-state index >= 15 is 0 Å². The number of aromatic amines is 1. The van der Waals surface area contributed by atoms with Crippen LogP contribution >= 0.6 is 0 Å². The zero-order chi connectivity index (χ0) is 18.6. The number of nitrogens with zero attached hydrogens (tertiary/aromatic N) is 4. The first-order chi connectivity index (χ1) is 13.2. The third-order valence-corrected chi connectivity index (χ3v) is 5.15. The van der Waals surface area contributed by atoms with Gasteiger partial charge in [-0.3, -0.25) is 9.59 Å². The van der Waals surface area contributed by atoms with E-state index in [0.29, 0.717) is 24.5 Å². The molecule has 1 N–H and O–H groups in total. The molecule has 1 atom stereocenters. The molecule has 3 heterocycles. The summed E-state index contributed by atoms with van der Waals surface area (Å²) in [5.74, 6) is 0.541. The molecule has 1 aromatic carbocycles. The molecule has 1 amide bonds. The lowest BCUT2D eigenvalue weighted by atomic mass is 9.97. The van der Waals surface area contributed by atoms with Crippen molar-refractivity contribution in [3.8, 4) is 0 Å². The Morgan fingerprint density at radius 3 is 3.04 bits per heavy atom. The van der Waals surface area contributed by atoms with Crippen molar-refractivity contribution < 1.29 is 4.79 Å². The maximum atomic E-state index is 12.7. The Kier molecular flexibility index (Phi) is 5.00. The molecule has 0 saturated carbocycles. The van der Waals surface area contributed by atoms with Gasteiger partial charge in [-0.1, -0.05) is 12.1 Å². The van der Waals surface area contributed by atoms with Crippen LogP contribution in [0.5, 0.6) is 0 Å². The molecule has 0 bridgehead atoms. The van der Waals surface area contributed by atoms with Gasteiger partial charge in [0.2, 0.25) is 5.91 Å². The summed E-state index contributed by atoms with van der Waals surface area (Å²) in [5, 5.41) is 0. The molecular formula is C20H23N5O2. The van der Waals surface area contributed by atoms with E-state index in [9.17, 15) is 9.59 Å². The summed E-state index contributed by atoms with van der Waals surface area (Å²) in [6.07, 6.45) is 8.36. The van der Waals surface area contributed by atoms with Gasteiger partial charge in [-0.05, 0) is 30.9 Å². The minimum atomic E-state index is -0.210. The number of amides is 1. The van der Waals surface area contributed by atoms with Crippen molar-refractivity contribution in [3.05, 3.63) is 59.0 Å². The lowest BCUT2D eigenvalue weighted by Gasteiger charge is -2.33. The van der Waals surface area contributed by atoms with Gasteiger partial charge in [0.1, 0.15) is 5.69 Å². The summed E-state index contributed by atoms with van der Waals surface area (Å²) in [7, 11) is 0. The number of H-pyrrole nitrogens is 1. The monoisotopic (exact) mass is 365 g/mol. The summed E-state index contributed by atoms with van der Waals surface area (Å²) in [4.78, 5) is 38.1. The number of rotatable bonds is 5. The second-order valence-corrected chi connectivity index (χ2v) is 7.14. The lowest BCUT2D eigenvalue weighted by molar-refractivity contribution is -0.133. The van der Waals surface area contributed by atoms with Crippen LogP contribution in [0.1, 0.15) is 25.0 Å². The van der Waals surface area contributed by atoms with Crippen molar-refractivity contribution >= 4 is 16.9 Å². The SMILES string of the molecule is O=C(CCc1nc2ccccc2[nH]c1=O)N1CCC[C@@H](Cn2ccnc2)C1. The fraction of sp³-hybridized carbons (Fsp3) is 0.400. The Balaban J connectivity index is 1.37. The molecule has 4 rings (SSSR count). The Bertz CT molecular complexity index is 979. The third kappa shape index (κ3) is 4.07. The van der Waals surface area contributed by atoms with Crippen LogP contribution in [0.25, 0.3) is 11.0 Å². The summed E-state index contributed by atoms with van der Waals surface area (Å²) >= 11 is 0. The van der Waals surface area contributed by atoms with Gasteiger partial charge in [0.15, 0.2) is 0 Å². The first kappa shape index (κ1) is 17.5. The summed E-state index contributed by atoms with van der Waals surface area (Å²) in [6.45, 7) is 2.44. The molecule has 0 spiro atoms. The Hall–Kier alpha value is -2.96. The molecule has 7 heteroatoms. The largest absolute Gasteiger partial charge is 0.342 e. The fourth-order valence-corrected chi connectivity index (χ4v) is 3.75. The molecule has 0 unspecified atom stereocenters. The predicted molar refractivity (Wildman–Crippen MR) is 102 cm³/mol. The molecule has 2 aromatic heterocycles. The van der Waals surface area contributed by atoms with Crippen LogP contribution in [0.3, 0.4) is 0 Å². The number of aryl methyl sites for hydroxylation is 1. The van der Waals surface area contributed by atoms with E-state index in [-0.39, 0.29) is 11.5 Å². The fourth-order valence-electron chi connectivity index (χ4n) is 3.75. The van der Waals surface area contributed by atoms with Crippen molar-refractivity contribution in [3.63, 3.8) is 0 Å². The summed E-state index contributed by atoms with van der Waals surface area (Å²) < 4.78 is 2.07. The van der Waals surface area contributed by atoms with Crippen LogP contribution in [0.15, 0.2) is 47.8 Å². The Labute approximate surface area is 157 Å². The molecule has 27 heavy (non-hydrogen) atoms. The van der Waals surface area contributed by atoms with Crippen molar-refractivity contribution in [2.24, 2.45) is 5.92 Å². The maximum Gasteiger partial charge on any atom is 0.270 e. The quantitative estimate of drug-likeness (QED) is 0.749. The van der Waals surface area contributed by atoms with Crippen molar-refractivity contribution in [1.82, 2.24) is 24.4 Å². The Morgan fingerprint density at radius 2 is 2.19 bits per heavy atom. The van der Waals surface area contributed by atoms with Gasteiger partial charge >= 0.3 is 0 Å². The van der Waals surface area contributed by atoms with Crippen LogP contribution in [0, 0.1) is 5.92 Å².